The van der Waals surface area contributed by atoms with Gasteiger partial charge in [0.1, 0.15) is 11.5 Å². The second kappa shape index (κ2) is 30.0. The standard InChI is InChI=1S/2C38H47F3N4O4/c1-5-45(29-9-16-49-17-10-29)33-21-28(20-30(25(33)3)35(46)42-22-31-34(48-4)18-24(2)43-36(31)47)26-6-7-32-27(19-26)8-11-37(32)12-14-44(15-13-37)23-38(39,40)41;1-5-45(29-9-16-49-17-10-29)33-21-28(19-30(25(33)3)35(46)42-22-31-34(48-4)18-24(2)43-36(31)47)27-7-6-26-8-11-37(32(26)20-27)12-14-44(15-13-37)23-38(39,40)41/h2*6-7,18-21,29H,5,8-17,22-23H2,1-4H3,(H,42,46)(H,43,47). The number of benzene rings is 4. The molecular weight excluding hydrogens is 1270 g/mol. The third-order valence-electron chi connectivity index (χ3n) is 21.8. The van der Waals surface area contributed by atoms with Gasteiger partial charge in [-0.3, -0.25) is 29.0 Å². The van der Waals surface area contributed by atoms with E-state index in [-0.39, 0.29) is 58.9 Å². The average molecular weight is 1360 g/mol. The number of nitrogens with one attached hydrogen (secondary N) is 4. The minimum Gasteiger partial charge on any atom is -0.496 e. The molecule has 2 amide bonds. The van der Waals surface area contributed by atoms with Gasteiger partial charge in [0, 0.05) is 85.5 Å². The van der Waals surface area contributed by atoms with Crippen LogP contribution in [0.15, 0.2) is 82.4 Å². The summed E-state index contributed by atoms with van der Waals surface area (Å²) in [4.78, 5) is 66.9. The molecule has 4 N–H and O–H groups in total. The fourth-order valence-corrected chi connectivity index (χ4v) is 16.4. The van der Waals surface area contributed by atoms with E-state index in [2.05, 4.69) is 92.8 Å². The van der Waals surface area contributed by atoms with Crippen molar-refractivity contribution in [3.05, 3.63) is 161 Å². The molecule has 22 heteroatoms. The minimum atomic E-state index is -4.20. The molecule has 0 saturated carbocycles. The molecule has 4 fully saturated rings. The number of hydrogen-bond acceptors (Lipinski definition) is 12. The Kier molecular flexibility index (Phi) is 22.0. The van der Waals surface area contributed by atoms with Crippen LogP contribution in [0.1, 0.15) is 155 Å². The summed E-state index contributed by atoms with van der Waals surface area (Å²) >= 11 is 0. The highest BCUT2D eigenvalue weighted by atomic mass is 19.4. The van der Waals surface area contributed by atoms with Crippen LogP contribution in [-0.2, 0) is 46.2 Å². The number of hydrogen-bond donors (Lipinski definition) is 4. The van der Waals surface area contributed by atoms with Gasteiger partial charge in [-0.05, 0) is 248 Å². The zero-order valence-electron chi connectivity index (χ0n) is 57.8. The van der Waals surface area contributed by atoms with Crippen LogP contribution in [0.4, 0.5) is 37.7 Å². The predicted molar refractivity (Wildman–Crippen MR) is 369 cm³/mol. The quantitative estimate of drug-likeness (QED) is 0.0601. The maximum atomic E-state index is 14.0. The Labute approximate surface area is 570 Å². The number of aromatic nitrogens is 2. The third-order valence-corrected chi connectivity index (χ3v) is 21.8. The summed E-state index contributed by atoms with van der Waals surface area (Å²) in [6, 6.07) is 25.2. The van der Waals surface area contributed by atoms with E-state index in [0.29, 0.717) is 111 Å². The van der Waals surface area contributed by atoms with E-state index in [9.17, 15) is 45.5 Å². The minimum absolute atomic E-state index is 0.000792. The second-order valence-corrected chi connectivity index (χ2v) is 27.7. The number of nitrogens with zero attached hydrogens (tertiary/aromatic N) is 4. The third kappa shape index (κ3) is 15.8. The van der Waals surface area contributed by atoms with Crippen molar-refractivity contribution in [3.8, 4) is 33.8 Å². The van der Waals surface area contributed by atoms with Gasteiger partial charge in [-0.2, -0.15) is 26.3 Å². The molecule has 12 rings (SSSR count). The summed E-state index contributed by atoms with van der Waals surface area (Å²) in [6.45, 7) is 16.1. The first-order valence-corrected chi connectivity index (χ1v) is 34.8. The number of carbonyl (C=O) groups excluding carboxylic acids is 2. The molecule has 6 heterocycles. The first kappa shape index (κ1) is 71.6. The Bertz CT molecular complexity index is 3990. The van der Waals surface area contributed by atoms with Crippen LogP contribution in [0.2, 0.25) is 0 Å². The van der Waals surface area contributed by atoms with Crippen LogP contribution in [0.25, 0.3) is 22.3 Å². The number of piperidine rings is 2. The fourth-order valence-electron chi connectivity index (χ4n) is 16.4. The van der Waals surface area contributed by atoms with Crippen molar-refractivity contribution < 1.29 is 54.9 Å². The van der Waals surface area contributed by atoms with Crippen LogP contribution in [0.3, 0.4) is 0 Å². The number of rotatable bonds is 18. The number of pyridine rings is 2. The smallest absolute Gasteiger partial charge is 0.401 e. The molecule has 98 heavy (non-hydrogen) atoms. The summed E-state index contributed by atoms with van der Waals surface area (Å²) in [5.41, 5.74) is 14.7. The molecule has 6 aliphatic rings. The summed E-state index contributed by atoms with van der Waals surface area (Å²) < 4.78 is 101. The van der Waals surface area contributed by atoms with Gasteiger partial charge in [0.2, 0.25) is 0 Å². The molecule has 2 aliphatic carbocycles. The number of aryl methyl sites for hydroxylation is 4. The van der Waals surface area contributed by atoms with Gasteiger partial charge >= 0.3 is 12.4 Å². The average Bonchev–Trinajstić information content (AvgIpc) is 1.51. The highest BCUT2D eigenvalue weighted by molar-refractivity contribution is 6.00. The molecule has 0 unspecified atom stereocenters. The summed E-state index contributed by atoms with van der Waals surface area (Å²) in [5, 5.41) is 5.96. The van der Waals surface area contributed by atoms with Gasteiger partial charge in [0.05, 0.1) is 51.5 Å². The van der Waals surface area contributed by atoms with Crippen LogP contribution in [-0.4, -0.2) is 149 Å². The maximum Gasteiger partial charge on any atom is 0.401 e. The zero-order chi connectivity index (χ0) is 69.8. The van der Waals surface area contributed by atoms with Gasteiger partial charge in [-0.25, -0.2) is 0 Å². The van der Waals surface area contributed by atoms with Gasteiger partial charge < -0.3 is 49.3 Å². The van der Waals surface area contributed by atoms with Gasteiger partial charge in [-0.15, -0.1) is 0 Å². The van der Waals surface area contributed by atoms with Crippen LogP contribution < -0.4 is 41.0 Å². The monoisotopic (exact) mass is 1360 g/mol. The van der Waals surface area contributed by atoms with E-state index in [1.807, 2.05) is 26.0 Å². The van der Waals surface area contributed by atoms with Crippen molar-refractivity contribution in [2.75, 3.05) is 103 Å². The molecule has 4 aliphatic heterocycles. The first-order chi connectivity index (χ1) is 46.8. The van der Waals surface area contributed by atoms with Crippen molar-refractivity contribution in [3.63, 3.8) is 0 Å². The van der Waals surface area contributed by atoms with E-state index in [1.165, 1.54) is 46.3 Å². The van der Waals surface area contributed by atoms with Gasteiger partial charge in [-0.1, -0.05) is 36.4 Å². The number of ether oxygens (including phenoxy) is 4. The molecule has 2 spiro atoms. The topological polar surface area (TPSA) is 174 Å². The Morgan fingerprint density at radius 3 is 1.37 bits per heavy atom. The lowest BCUT2D eigenvalue weighted by atomic mass is 9.73. The molecule has 6 aromatic rings. The Morgan fingerprint density at radius 1 is 0.541 bits per heavy atom. The molecular formula is C76H94F6N8O8. The van der Waals surface area contributed by atoms with Crippen molar-refractivity contribution >= 4 is 23.2 Å². The van der Waals surface area contributed by atoms with Crippen molar-refractivity contribution in [1.82, 2.24) is 30.4 Å². The molecule has 4 aromatic carbocycles. The molecule has 0 atom stereocenters. The molecule has 0 bridgehead atoms. The van der Waals surface area contributed by atoms with Gasteiger partial charge in [0.15, 0.2) is 0 Å². The summed E-state index contributed by atoms with van der Waals surface area (Å²) in [6.07, 6.45) is 1.70. The predicted octanol–water partition coefficient (Wildman–Crippen LogP) is 12.9. The molecule has 16 nitrogen and oxygen atoms in total. The number of aromatic amines is 2. The maximum absolute atomic E-state index is 14.0. The van der Waals surface area contributed by atoms with E-state index in [4.69, 9.17) is 18.9 Å². The van der Waals surface area contributed by atoms with Gasteiger partial charge in [0.25, 0.3) is 22.9 Å². The van der Waals surface area contributed by atoms with E-state index in [1.54, 1.807) is 26.0 Å². The number of amides is 2. The lowest BCUT2D eigenvalue weighted by Crippen LogP contribution is -2.45. The Morgan fingerprint density at radius 2 is 0.949 bits per heavy atom. The lowest BCUT2D eigenvalue weighted by Gasteiger charge is -2.40. The fraction of sp³-hybridized carbons (Fsp3) is 0.526. The van der Waals surface area contributed by atoms with Crippen molar-refractivity contribution in [2.24, 2.45) is 0 Å². The number of carbonyl (C=O) groups is 2. The van der Waals surface area contributed by atoms with Crippen LogP contribution in [0, 0.1) is 27.7 Å². The Hall–Kier alpha value is -7.66. The number of fused-ring (bicyclic) bond motifs is 4. The highest BCUT2D eigenvalue weighted by Crippen LogP contribution is 2.50. The first-order valence-electron chi connectivity index (χ1n) is 34.8. The number of methoxy groups -OCH3 is 2. The van der Waals surface area contributed by atoms with E-state index < -0.39 is 25.4 Å². The largest absolute Gasteiger partial charge is 0.496 e. The normalized spacial score (nSPS) is 18.0. The lowest BCUT2D eigenvalue weighted by molar-refractivity contribution is -0.150. The summed E-state index contributed by atoms with van der Waals surface area (Å²) in [7, 11) is 3.01. The van der Waals surface area contributed by atoms with Crippen LogP contribution >= 0.6 is 0 Å². The molecule has 4 saturated heterocycles. The van der Waals surface area contributed by atoms with Crippen molar-refractivity contribution in [2.45, 2.75) is 167 Å². The second-order valence-electron chi connectivity index (χ2n) is 27.7. The Balaban J connectivity index is 0.000000198. The zero-order valence-corrected chi connectivity index (χ0v) is 57.8. The van der Waals surface area contributed by atoms with E-state index >= 15 is 0 Å². The SMILES string of the molecule is CCN(c1cc(-c2ccc3c(c2)C2(CC3)CCN(CC(F)(F)F)CC2)cc(C(=O)NCc2c(OC)cc(C)[nH]c2=O)c1C)C1CCOCC1.CCN(c1cc(-c2ccc3c(c2)CCC32CCN(CC(F)(F)F)CC2)cc(C(=O)NCc2c(OC)cc(C)[nH]c2=O)c1C)C1CCOCC1. The molecule has 2 aromatic heterocycles. The van der Waals surface area contributed by atoms with Crippen molar-refractivity contribution in [1.29, 1.82) is 0 Å². The number of alkyl halides is 6. The number of anilines is 2. The summed E-state index contributed by atoms with van der Waals surface area (Å²) in [5.74, 6) is 0.267. The number of halogens is 6. The number of H-pyrrole nitrogens is 2. The molecule has 528 valence electrons. The van der Waals surface area contributed by atoms with E-state index in [0.717, 1.165) is 122 Å². The molecule has 0 radical (unpaired) electrons. The highest BCUT2D eigenvalue weighted by Gasteiger charge is 2.45. The number of likely N-dealkylation sites (tertiary alicyclic amines) is 2. The van der Waals surface area contributed by atoms with Crippen LogP contribution in [0.5, 0.6) is 11.5 Å².